The van der Waals surface area contributed by atoms with Crippen LogP contribution in [0.25, 0.3) is 0 Å². The van der Waals surface area contributed by atoms with Gasteiger partial charge in [-0.2, -0.15) is 0 Å². The molecule has 2 atom stereocenters. The second kappa shape index (κ2) is 7.32. The Morgan fingerprint density at radius 1 is 1.41 bits per heavy atom. The number of aromatic nitrogens is 1. The van der Waals surface area contributed by atoms with Crippen LogP contribution in [0.5, 0.6) is 0 Å². The quantitative estimate of drug-likeness (QED) is 0.787. The second-order valence-electron chi connectivity index (χ2n) is 3.84. The fourth-order valence-electron chi connectivity index (χ4n) is 1.45. The zero-order valence-corrected chi connectivity index (χ0v) is 10.4. The van der Waals surface area contributed by atoms with Gasteiger partial charge in [-0.1, -0.05) is 0 Å². The van der Waals surface area contributed by atoms with Gasteiger partial charge in [0.2, 0.25) is 0 Å². The van der Waals surface area contributed by atoms with E-state index in [2.05, 4.69) is 10.3 Å². The van der Waals surface area contributed by atoms with Crippen LogP contribution in [0, 0.1) is 5.82 Å². The Morgan fingerprint density at radius 2 is 2.18 bits per heavy atom. The highest BCUT2D eigenvalue weighted by Crippen LogP contribution is 2.09. The molecule has 1 heterocycles. The Kier molecular flexibility index (Phi) is 6.04. The highest BCUT2D eigenvalue weighted by Gasteiger charge is 2.11. The molecule has 1 N–H and O–H groups in total. The smallest absolute Gasteiger partial charge is 0.141 e. The fraction of sp³-hybridized carbons (Fsp3) is 0.583. The van der Waals surface area contributed by atoms with E-state index >= 15 is 0 Å². The molecule has 17 heavy (non-hydrogen) atoms. The molecule has 0 amide bonds. The molecule has 4 nitrogen and oxygen atoms in total. The van der Waals surface area contributed by atoms with Gasteiger partial charge >= 0.3 is 0 Å². The van der Waals surface area contributed by atoms with Crippen LogP contribution in [0.3, 0.4) is 0 Å². The van der Waals surface area contributed by atoms with Gasteiger partial charge < -0.3 is 14.8 Å². The largest absolute Gasteiger partial charge is 0.382 e. The summed E-state index contributed by atoms with van der Waals surface area (Å²) in [7, 11) is 3.28. The second-order valence-corrected chi connectivity index (χ2v) is 3.84. The van der Waals surface area contributed by atoms with Crippen LogP contribution < -0.4 is 5.32 Å². The third-order valence-electron chi connectivity index (χ3n) is 2.53. The van der Waals surface area contributed by atoms with E-state index in [0.717, 1.165) is 5.69 Å². The summed E-state index contributed by atoms with van der Waals surface area (Å²) < 4.78 is 22.9. The molecule has 96 valence electrons. The van der Waals surface area contributed by atoms with Gasteiger partial charge in [-0.3, -0.25) is 4.98 Å². The summed E-state index contributed by atoms with van der Waals surface area (Å²) in [5, 5.41) is 3.26. The van der Waals surface area contributed by atoms with Crippen LogP contribution in [0.2, 0.25) is 0 Å². The fourth-order valence-corrected chi connectivity index (χ4v) is 1.45. The number of nitrogens with one attached hydrogen (secondary N) is 1. The van der Waals surface area contributed by atoms with Crippen LogP contribution in [-0.4, -0.2) is 38.5 Å². The molecule has 1 aromatic rings. The minimum absolute atomic E-state index is 0.00268. The average Bonchev–Trinajstić information content (AvgIpc) is 2.35. The maximum absolute atomic E-state index is 12.7. The van der Waals surface area contributed by atoms with Gasteiger partial charge in [-0.05, 0) is 19.1 Å². The molecule has 0 aromatic carbocycles. The van der Waals surface area contributed by atoms with Crippen molar-refractivity contribution in [3.8, 4) is 0 Å². The number of hydrogen-bond acceptors (Lipinski definition) is 4. The molecular formula is C12H19FN2O2. The molecular weight excluding hydrogens is 223 g/mol. The Hall–Kier alpha value is -1.04. The van der Waals surface area contributed by atoms with Gasteiger partial charge in [0.05, 0.1) is 24.6 Å². The molecule has 0 spiro atoms. The van der Waals surface area contributed by atoms with Gasteiger partial charge in [0, 0.05) is 26.8 Å². The summed E-state index contributed by atoms with van der Waals surface area (Å²) in [6, 6.07) is 3.12. The Morgan fingerprint density at radius 3 is 2.71 bits per heavy atom. The highest BCUT2D eigenvalue weighted by molar-refractivity contribution is 5.08. The molecule has 0 fully saturated rings. The molecule has 0 radical (unpaired) electrons. The van der Waals surface area contributed by atoms with Crippen molar-refractivity contribution in [1.29, 1.82) is 0 Å². The van der Waals surface area contributed by atoms with Crippen molar-refractivity contribution in [2.24, 2.45) is 0 Å². The molecule has 1 rings (SSSR count). The molecule has 0 aliphatic rings. The minimum Gasteiger partial charge on any atom is -0.382 e. The zero-order valence-electron chi connectivity index (χ0n) is 10.4. The van der Waals surface area contributed by atoms with E-state index in [1.807, 2.05) is 6.92 Å². The van der Waals surface area contributed by atoms with Crippen LogP contribution in [0.1, 0.15) is 18.7 Å². The SMILES string of the molecule is COCC(CNC(C)c1ccc(F)cn1)OC. The normalized spacial score (nSPS) is 14.6. The molecule has 0 saturated carbocycles. The molecule has 0 aliphatic carbocycles. The van der Waals surface area contributed by atoms with Crippen molar-refractivity contribution in [1.82, 2.24) is 10.3 Å². The van der Waals surface area contributed by atoms with E-state index < -0.39 is 0 Å². The lowest BCUT2D eigenvalue weighted by atomic mass is 10.2. The lowest BCUT2D eigenvalue weighted by molar-refractivity contribution is 0.0275. The highest BCUT2D eigenvalue weighted by atomic mass is 19.1. The molecule has 0 bridgehead atoms. The molecule has 0 saturated heterocycles. The number of ether oxygens (including phenoxy) is 2. The van der Waals surface area contributed by atoms with Gasteiger partial charge in [-0.25, -0.2) is 4.39 Å². The summed E-state index contributed by atoms with van der Waals surface area (Å²) in [5.74, 6) is -0.324. The van der Waals surface area contributed by atoms with Crippen molar-refractivity contribution in [2.45, 2.75) is 19.1 Å². The summed E-state index contributed by atoms with van der Waals surface area (Å²) in [6.07, 6.45) is 1.22. The standard InChI is InChI=1S/C12H19FN2O2/c1-9(12-5-4-10(13)6-15-12)14-7-11(17-3)8-16-2/h4-6,9,11,14H,7-8H2,1-3H3. The number of rotatable bonds is 7. The monoisotopic (exact) mass is 242 g/mol. The first-order chi connectivity index (χ1) is 8.17. The van der Waals surface area contributed by atoms with Crippen LogP contribution in [0.4, 0.5) is 4.39 Å². The van der Waals surface area contributed by atoms with Crippen LogP contribution in [-0.2, 0) is 9.47 Å². The number of methoxy groups -OCH3 is 2. The topological polar surface area (TPSA) is 43.4 Å². The van der Waals surface area contributed by atoms with Gasteiger partial charge in [-0.15, -0.1) is 0 Å². The number of nitrogens with zero attached hydrogens (tertiary/aromatic N) is 1. The number of hydrogen-bond donors (Lipinski definition) is 1. The third-order valence-corrected chi connectivity index (χ3v) is 2.53. The Bertz CT molecular complexity index is 319. The van der Waals surface area contributed by atoms with Gasteiger partial charge in [0.1, 0.15) is 5.82 Å². The predicted octanol–water partition coefficient (Wildman–Crippen LogP) is 1.53. The van der Waals surface area contributed by atoms with E-state index in [0.29, 0.717) is 13.2 Å². The van der Waals surface area contributed by atoms with E-state index in [4.69, 9.17) is 9.47 Å². The maximum atomic E-state index is 12.7. The number of halogens is 1. The zero-order chi connectivity index (χ0) is 12.7. The van der Waals surface area contributed by atoms with Gasteiger partial charge in [0.15, 0.2) is 0 Å². The van der Waals surface area contributed by atoms with Gasteiger partial charge in [0.25, 0.3) is 0 Å². The third kappa shape index (κ3) is 4.77. The molecule has 2 unspecified atom stereocenters. The maximum Gasteiger partial charge on any atom is 0.141 e. The van der Waals surface area contributed by atoms with Crippen molar-refractivity contribution in [3.05, 3.63) is 29.8 Å². The molecule has 1 aromatic heterocycles. The minimum atomic E-state index is -0.324. The summed E-state index contributed by atoms with van der Waals surface area (Å²) in [4.78, 5) is 4.02. The van der Waals surface area contributed by atoms with E-state index in [9.17, 15) is 4.39 Å². The van der Waals surface area contributed by atoms with E-state index in [1.54, 1.807) is 20.3 Å². The lowest BCUT2D eigenvalue weighted by Gasteiger charge is -2.18. The van der Waals surface area contributed by atoms with Crippen molar-refractivity contribution < 1.29 is 13.9 Å². The van der Waals surface area contributed by atoms with E-state index in [1.165, 1.54) is 12.3 Å². The average molecular weight is 242 g/mol. The van der Waals surface area contributed by atoms with E-state index in [-0.39, 0.29) is 18.0 Å². The summed E-state index contributed by atoms with van der Waals surface area (Å²) in [6.45, 7) is 3.16. The summed E-state index contributed by atoms with van der Waals surface area (Å²) in [5.41, 5.74) is 0.804. The van der Waals surface area contributed by atoms with Crippen LogP contribution in [0.15, 0.2) is 18.3 Å². The van der Waals surface area contributed by atoms with Crippen molar-refractivity contribution >= 4 is 0 Å². The number of pyridine rings is 1. The van der Waals surface area contributed by atoms with Crippen LogP contribution >= 0.6 is 0 Å². The van der Waals surface area contributed by atoms with Crippen molar-refractivity contribution in [2.75, 3.05) is 27.4 Å². The first-order valence-corrected chi connectivity index (χ1v) is 5.54. The summed E-state index contributed by atoms with van der Waals surface area (Å²) >= 11 is 0. The Balaban J connectivity index is 2.43. The van der Waals surface area contributed by atoms with Crippen molar-refractivity contribution in [3.63, 3.8) is 0 Å². The molecule has 5 heteroatoms. The lowest BCUT2D eigenvalue weighted by Crippen LogP contribution is -2.33. The first-order valence-electron chi connectivity index (χ1n) is 5.54. The first kappa shape index (κ1) is 14.0. The Labute approximate surface area is 101 Å². The predicted molar refractivity (Wildman–Crippen MR) is 63.3 cm³/mol. The molecule has 0 aliphatic heterocycles.